The van der Waals surface area contributed by atoms with Gasteiger partial charge in [-0.25, -0.2) is 0 Å². The zero-order valence-corrected chi connectivity index (χ0v) is 15.5. The molecule has 4 heteroatoms. The third-order valence-electron chi connectivity index (χ3n) is 5.59. The minimum absolute atomic E-state index is 0.239. The number of nitrogens with one attached hydrogen (secondary N) is 1. The number of aryl methyl sites for hydroxylation is 1. The van der Waals surface area contributed by atoms with E-state index in [-0.39, 0.29) is 5.92 Å². The van der Waals surface area contributed by atoms with Crippen LogP contribution in [0.1, 0.15) is 37.3 Å². The zero-order valence-electron chi connectivity index (χ0n) is 15.5. The molecule has 1 fully saturated rings. The lowest BCUT2D eigenvalue weighted by Gasteiger charge is -2.38. The Hall–Kier alpha value is -2.49. The third-order valence-corrected chi connectivity index (χ3v) is 5.59. The molecule has 0 spiro atoms. The van der Waals surface area contributed by atoms with Gasteiger partial charge in [0, 0.05) is 36.6 Å². The van der Waals surface area contributed by atoms with Crippen LogP contribution in [0.4, 0.5) is 11.4 Å². The van der Waals surface area contributed by atoms with E-state index in [0.717, 1.165) is 18.7 Å². The van der Waals surface area contributed by atoms with Gasteiger partial charge < -0.3 is 15.3 Å². The molecule has 4 rings (SSSR count). The van der Waals surface area contributed by atoms with Crippen molar-refractivity contribution in [2.75, 3.05) is 29.9 Å². The molecule has 136 valence electrons. The number of rotatable bonds is 4. The minimum atomic E-state index is -0.694. The molecule has 2 aliphatic heterocycles. The summed E-state index contributed by atoms with van der Waals surface area (Å²) in [4.78, 5) is 13.2. The number of carbonyl (C=O) groups is 1. The maximum absolute atomic E-state index is 11.1. The first-order valence-electron chi connectivity index (χ1n) is 9.52. The number of fused-ring (bicyclic) bond motifs is 1. The van der Waals surface area contributed by atoms with Gasteiger partial charge in [-0.05, 0) is 53.6 Å². The molecule has 0 saturated carbocycles. The van der Waals surface area contributed by atoms with E-state index in [4.69, 9.17) is 5.11 Å². The average molecular weight is 350 g/mol. The minimum Gasteiger partial charge on any atom is -0.481 e. The van der Waals surface area contributed by atoms with Gasteiger partial charge in [-0.15, -0.1) is 0 Å². The fraction of sp³-hybridized carbons (Fsp3) is 0.409. The summed E-state index contributed by atoms with van der Waals surface area (Å²) in [5, 5.41) is 12.7. The summed E-state index contributed by atoms with van der Waals surface area (Å²) in [5.41, 5.74) is 7.64. The highest BCUT2D eigenvalue weighted by Crippen LogP contribution is 2.38. The van der Waals surface area contributed by atoms with Gasteiger partial charge in [0.1, 0.15) is 0 Å². The molecule has 0 aromatic heterocycles. The van der Waals surface area contributed by atoms with Crippen LogP contribution in [0, 0.1) is 5.92 Å². The molecule has 2 aromatic carbocycles. The van der Waals surface area contributed by atoms with E-state index in [1.54, 1.807) is 0 Å². The van der Waals surface area contributed by atoms with Crippen molar-refractivity contribution in [3.63, 3.8) is 0 Å². The molecule has 2 aromatic rings. The van der Waals surface area contributed by atoms with E-state index in [1.807, 2.05) is 0 Å². The summed E-state index contributed by atoms with van der Waals surface area (Å²) in [7, 11) is 0. The van der Waals surface area contributed by atoms with E-state index in [0.29, 0.717) is 19.0 Å². The lowest BCUT2D eigenvalue weighted by molar-refractivity contribution is -0.142. The fourth-order valence-electron chi connectivity index (χ4n) is 3.90. The summed E-state index contributed by atoms with van der Waals surface area (Å²) < 4.78 is 0. The van der Waals surface area contributed by atoms with Crippen molar-refractivity contribution in [2.45, 2.75) is 32.6 Å². The molecule has 2 aliphatic rings. The van der Waals surface area contributed by atoms with Crippen LogP contribution < -0.4 is 10.2 Å². The summed E-state index contributed by atoms with van der Waals surface area (Å²) in [6.07, 6.45) is 2.31. The molecule has 1 saturated heterocycles. The molecule has 0 radical (unpaired) electrons. The Labute approximate surface area is 154 Å². The number of hydrogen-bond acceptors (Lipinski definition) is 3. The van der Waals surface area contributed by atoms with E-state index in [9.17, 15) is 4.79 Å². The Balaban J connectivity index is 1.70. The Morgan fingerprint density at radius 1 is 1.23 bits per heavy atom. The lowest BCUT2D eigenvalue weighted by atomic mass is 9.89. The highest BCUT2D eigenvalue weighted by molar-refractivity contribution is 5.84. The maximum atomic E-state index is 11.1. The lowest BCUT2D eigenvalue weighted by Crippen LogP contribution is -2.50. The van der Waals surface area contributed by atoms with Crippen molar-refractivity contribution in [3.05, 3.63) is 47.5 Å². The van der Waals surface area contributed by atoms with Crippen molar-refractivity contribution < 1.29 is 9.90 Å². The Kier molecular flexibility index (Phi) is 4.35. The van der Waals surface area contributed by atoms with Gasteiger partial charge in [0.05, 0.1) is 5.92 Å². The molecule has 2 heterocycles. The Bertz CT molecular complexity index is 838. The summed E-state index contributed by atoms with van der Waals surface area (Å²) in [6.45, 7) is 6.70. The van der Waals surface area contributed by atoms with Crippen LogP contribution in [0.5, 0.6) is 0 Å². The van der Waals surface area contributed by atoms with Gasteiger partial charge >= 0.3 is 5.97 Å². The molecule has 2 N–H and O–H groups in total. The first kappa shape index (κ1) is 17.0. The number of carboxylic acid groups (broad SMARTS) is 1. The highest BCUT2D eigenvalue weighted by atomic mass is 16.4. The first-order valence-corrected chi connectivity index (χ1v) is 9.52. The second-order valence-corrected chi connectivity index (χ2v) is 7.78. The number of aliphatic carboxylic acids is 1. The number of carboxylic acids is 1. The molecule has 0 unspecified atom stereocenters. The normalized spacial score (nSPS) is 16.8. The summed E-state index contributed by atoms with van der Waals surface area (Å²) >= 11 is 0. The van der Waals surface area contributed by atoms with E-state index in [2.05, 4.69) is 60.5 Å². The highest BCUT2D eigenvalue weighted by Gasteiger charge is 2.32. The molecule has 0 aliphatic carbocycles. The summed E-state index contributed by atoms with van der Waals surface area (Å²) in [6, 6.07) is 13.2. The van der Waals surface area contributed by atoms with Gasteiger partial charge in [0.25, 0.3) is 0 Å². The van der Waals surface area contributed by atoms with Crippen molar-refractivity contribution in [2.24, 2.45) is 5.92 Å². The topological polar surface area (TPSA) is 52.6 Å². The maximum Gasteiger partial charge on any atom is 0.310 e. The number of hydrogen-bond donors (Lipinski definition) is 2. The monoisotopic (exact) mass is 350 g/mol. The Morgan fingerprint density at radius 3 is 2.77 bits per heavy atom. The first-order chi connectivity index (χ1) is 12.5. The quantitative estimate of drug-likeness (QED) is 0.860. The molecule has 4 nitrogen and oxygen atoms in total. The van der Waals surface area contributed by atoms with E-state index < -0.39 is 5.97 Å². The van der Waals surface area contributed by atoms with Crippen LogP contribution in [0.25, 0.3) is 11.1 Å². The summed E-state index contributed by atoms with van der Waals surface area (Å²) in [5.74, 6) is -0.437. The predicted octanol–water partition coefficient (Wildman–Crippen LogP) is 4.36. The molecule has 26 heavy (non-hydrogen) atoms. The van der Waals surface area contributed by atoms with Crippen molar-refractivity contribution in [3.8, 4) is 11.1 Å². The van der Waals surface area contributed by atoms with Crippen molar-refractivity contribution in [1.82, 2.24) is 0 Å². The predicted molar refractivity (Wildman–Crippen MR) is 106 cm³/mol. The second-order valence-electron chi connectivity index (χ2n) is 7.78. The number of nitrogens with zero attached hydrogens (tertiary/aromatic N) is 1. The van der Waals surface area contributed by atoms with E-state index in [1.165, 1.54) is 34.4 Å². The SMILES string of the molecule is CC(C)c1cc2c(c(-c3cccc(N4CC(C(=O)O)C4)c3)c1)NCCC2. The van der Waals surface area contributed by atoms with Crippen LogP contribution in [0.15, 0.2) is 36.4 Å². The second kappa shape index (κ2) is 6.67. The number of benzene rings is 2. The van der Waals surface area contributed by atoms with Crippen LogP contribution in [-0.2, 0) is 11.2 Å². The molecule has 0 bridgehead atoms. The van der Waals surface area contributed by atoms with Gasteiger partial charge in [0.15, 0.2) is 0 Å². The van der Waals surface area contributed by atoms with Crippen LogP contribution >= 0.6 is 0 Å². The molecular formula is C22H26N2O2. The van der Waals surface area contributed by atoms with Crippen molar-refractivity contribution >= 4 is 17.3 Å². The Morgan fingerprint density at radius 2 is 2.04 bits per heavy atom. The zero-order chi connectivity index (χ0) is 18.3. The fourth-order valence-corrected chi connectivity index (χ4v) is 3.90. The molecular weight excluding hydrogens is 324 g/mol. The van der Waals surface area contributed by atoms with Crippen LogP contribution in [0.3, 0.4) is 0 Å². The van der Waals surface area contributed by atoms with E-state index >= 15 is 0 Å². The van der Waals surface area contributed by atoms with Crippen LogP contribution in [0.2, 0.25) is 0 Å². The van der Waals surface area contributed by atoms with Crippen LogP contribution in [-0.4, -0.2) is 30.7 Å². The molecule has 0 amide bonds. The number of anilines is 2. The average Bonchev–Trinajstić information content (AvgIpc) is 2.59. The molecule has 0 atom stereocenters. The standard InChI is InChI=1S/C22H26N2O2/c1-14(2)17-9-16-6-4-8-23-21(16)20(11-17)15-5-3-7-19(10-15)24-12-18(13-24)22(25)26/h3,5,7,9-11,14,18,23H,4,6,8,12-13H2,1-2H3,(H,25,26). The van der Waals surface area contributed by atoms with Gasteiger partial charge in [0.2, 0.25) is 0 Å². The largest absolute Gasteiger partial charge is 0.481 e. The third kappa shape index (κ3) is 3.05. The van der Waals surface area contributed by atoms with Gasteiger partial charge in [-0.1, -0.05) is 32.0 Å². The van der Waals surface area contributed by atoms with Gasteiger partial charge in [-0.2, -0.15) is 0 Å². The van der Waals surface area contributed by atoms with Crippen molar-refractivity contribution in [1.29, 1.82) is 0 Å². The smallest absolute Gasteiger partial charge is 0.310 e. The van der Waals surface area contributed by atoms with Gasteiger partial charge in [-0.3, -0.25) is 4.79 Å².